The second-order valence-corrected chi connectivity index (χ2v) is 8.73. The molecule has 2 heterocycles. The van der Waals surface area contributed by atoms with Gasteiger partial charge in [-0.3, -0.25) is 14.6 Å². The van der Waals surface area contributed by atoms with Crippen LogP contribution in [-0.2, 0) is 22.1 Å². The number of ketones is 1. The van der Waals surface area contributed by atoms with Gasteiger partial charge in [0.15, 0.2) is 5.78 Å². The van der Waals surface area contributed by atoms with Crippen LogP contribution in [0.1, 0.15) is 48.3 Å². The molecule has 0 bridgehead atoms. The van der Waals surface area contributed by atoms with Crippen molar-refractivity contribution in [1.29, 1.82) is 0 Å². The molecule has 9 heteroatoms. The topological polar surface area (TPSA) is 81.2 Å². The highest BCUT2D eigenvalue weighted by Gasteiger charge is 2.40. The summed E-state index contributed by atoms with van der Waals surface area (Å²) in [7, 11) is 0. The molecule has 0 amide bonds. The van der Waals surface area contributed by atoms with E-state index < -0.39 is 17.3 Å². The Bertz CT molecular complexity index is 1240. The minimum atomic E-state index is -4.49. The minimum absolute atomic E-state index is 0.0592. The lowest BCUT2D eigenvalue weighted by Gasteiger charge is -2.32. The second kappa shape index (κ2) is 9.48. The number of nitrogens with one attached hydrogen (secondary N) is 1. The van der Waals surface area contributed by atoms with Gasteiger partial charge in [0, 0.05) is 16.5 Å². The summed E-state index contributed by atoms with van der Waals surface area (Å²) in [5.74, 6) is -0.426. The third-order valence-corrected chi connectivity index (χ3v) is 6.09. The number of Topliss-reactive ketones (excluding diaryl/α,β-unsaturated/α-hetero) is 1. The van der Waals surface area contributed by atoms with Gasteiger partial charge in [-0.15, -0.1) is 0 Å². The summed E-state index contributed by atoms with van der Waals surface area (Å²) in [6, 6.07) is 11.3. The summed E-state index contributed by atoms with van der Waals surface area (Å²) in [6.07, 6.45) is -0.517. The van der Waals surface area contributed by atoms with E-state index in [1.807, 2.05) is 19.1 Å². The van der Waals surface area contributed by atoms with Gasteiger partial charge in [0.2, 0.25) is 0 Å². The van der Waals surface area contributed by atoms with Gasteiger partial charge in [0.1, 0.15) is 5.69 Å². The molecule has 1 N–H and O–H groups in total. The molecule has 6 nitrogen and oxygen atoms in total. The van der Waals surface area contributed by atoms with Crippen molar-refractivity contribution in [2.45, 2.75) is 39.3 Å². The maximum Gasteiger partial charge on any atom is 0.433 e. The lowest BCUT2D eigenvalue weighted by molar-refractivity contribution is -0.145. The molecule has 1 aliphatic rings. The Morgan fingerprint density at radius 2 is 1.80 bits per heavy atom. The van der Waals surface area contributed by atoms with Gasteiger partial charge in [-0.25, -0.2) is 4.98 Å². The van der Waals surface area contributed by atoms with Gasteiger partial charge in [-0.1, -0.05) is 19.1 Å². The van der Waals surface area contributed by atoms with E-state index >= 15 is 0 Å². The fourth-order valence-electron chi connectivity index (χ4n) is 4.17. The van der Waals surface area contributed by atoms with E-state index in [0.717, 1.165) is 23.4 Å². The van der Waals surface area contributed by atoms with Gasteiger partial charge in [-0.2, -0.15) is 13.2 Å². The van der Waals surface area contributed by atoms with Crippen LogP contribution in [0.3, 0.4) is 0 Å². The summed E-state index contributed by atoms with van der Waals surface area (Å²) in [5.41, 5.74) is 2.32. The molecule has 1 atom stereocenters. The van der Waals surface area contributed by atoms with E-state index in [0.29, 0.717) is 35.5 Å². The number of carbonyl (C=O) groups excluding carboxylic acids is 2. The number of halogens is 3. The molecule has 0 radical (unpaired) electrons. The third kappa shape index (κ3) is 5.34. The van der Waals surface area contributed by atoms with E-state index in [2.05, 4.69) is 15.3 Å². The Kier molecular flexibility index (Phi) is 6.60. The number of aryl methyl sites for hydroxylation is 1. The van der Waals surface area contributed by atoms with E-state index in [1.165, 1.54) is 6.07 Å². The normalized spacial score (nSPS) is 17.6. The zero-order valence-electron chi connectivity index (χ0n) is 19.3. The Labute approximate surface area is 200 Å². The van der Waals surface area contributed by atoms with Crippen molar-refractivity contribution < 1.29 is 27.5 Å². The molecule has 3 aromatic rings. The van der Waals surface area contributed by atoms with Crippen molar-refractivity contribution in [2.75, 3.05) is 11.9 Å². The Hall–Kier alpha value is -3.75. The minimum Gasteiger partial charge on any atom is -0.466 e. The first-order valence-corrected chi connectivity index (χ1v) is 11.2. The van der Waals surface area contributed by atoms with Gasteiger partial charge >= 0.3 is 12.1 Å². The first kappa shape index (κ1) is 24.4. The lowest BCUT2D eigenvalue weighted by Crippen LogP contribution is -2.36. The smallest absolute Gasteiger partial charge is 0.433 e. The van der Waals surface area contributed by atoms with Gasteiger partial charge in [0.25, 0.3) is 0 Å². The molecule has 1 aliphatic carbocycles. The van der Waals surface area contributed by atoms with Crippen LogP contribution in [0.4, 0.5) is 24.5 Å². The summed E-state index contributed by atoms with van der Waals surface area (Å²) in [6.45, 7) is 3.83. The summed E-state index contributed by atoms with van der Waals surface area (Å²) >= 11 is 0. The van der Waals surface area contributed by atoms with Crippen molar-refractivity contribution in [1.82, 2.24) is 9.97 Å². The van der Waals surface area contributed by atoms with Crippen LogP contribution >= 0.6 is 0 Å². The van der Waals surface area contributed by atoms with E-state index in [9.17, 15) is 22.8 Å². The molecular formula is C26H24F3N3O3. The molecule has 1 unspecified atom stereocenters. The number of anilines is 2. The lowest BCUT2D eigenvalue weighted by atomic mass is 9.69. The van der Waals surface area contributed by atoms with E-state index in [4.69, 9.17) is 4.74 Å². The molecule has 0 saturated heterocycles. The molecule has 35 heavy (non-hydrogen) atoms. The summed E-state index contributed by atoms with van der Waals surface area (Å²) in [5, 5.41) is 2.98. The summed E-state index contributed by atoms with van der Waals surface area (Å²) < 4.78 is 43.0. The van der Waals surface area contributed by atoms with Crippen molar-refractivity contribution in [3.63, 3.8) is 0 Å². The number of hydrogen-bond acceptors (Lipinski definition) is 6. The molecule has 2 aromatic heterocycles. The predicted molar refractivity (Wildman–Crippen MR) is 124 cm³/mol. The third-order valence-electron chi connectivity index (χ3n) is 6.09. The van der Waals surface area contributed by atoms with Crippen molar-refractivity contribution in [3.8, 4) is 11.3 Å². The number of hydrogen-bond donors (Lipinski definition) is 1. The monoisotopic (exact) mass is 483 g/mol. The highest BCUT2D eigenvalue weighted by molar-refractivity contribution is 6.04. The largest absolute Gasteiger partial charge is 0.466 e. The van der Waals surface area contributed by atoms with Crippen molar-refractivity contribution in [2.24, 2.45) is 5.41 Å². The number of benzene rings is 1. The first-order chi connectivity index (χ1) is 16.6. The zero-order chi connectivity index (χ0) is 25.2. The molecule has 1 aromatic carbocycles. The molecule has 182 valence electrons. The number of carbonyl (C=O) groups is 2. The van der Waals surface area contributed by atoms with Crippen LogP contribution < -0.4 is 5.32 Å². The highest BCUT2D eigenvalue weighted by atomic mass is 19.4. The van der Waals surface area contributed by atoms with Crippen molar-refractivity contribution >= 4 is 23.1 Å². The van der Waals surface area contributed by atoms with Crippen LogP contribution in [0.2, 0.25) is 0 Å². The van der Waals surface area contributed by atoms with Crippen molar-refractivity contribution in [3.05, 3.63) is 71.7 Å². The number of fused-ring (bicyclic) bond motifs is 1. The predicted octanol–water partition coefficient (Wildman–Crippen LogP) is 5.99. The van der Waals surface area contributed by atoms with Gasteiger partial charge < -0.3 is 10.1 Å². The van der Waals surface area contributed by atoms with Crippen LogP contribution in [0.15, 0.2) is 54.9 Å². The second-order valence-electron chi connectivity index (χ2n) is 8.73. The number of alkyl halides is 3. The number of pyridine rings is 2. The van der Waals surface area contributed by atoms with Crippen LogP contribution in [0.25, 0.3) is 11.3 Å². The summed E-state index contributed by atoms with van der Waals surface area (Å²) in [4.78, 5) is 33.0. The van der Waals surface area contributed by atoms with Crippen LogP contribution in [-0.4, -0.2) is 28.3 Å². The van der Waals surface area contributed by atoms with E-state index in [1.54, 1.807) is 31.3 Å². The number of rotatable bonds is 6. The number of aromatic nitrogens is 2. The number of ether oxygens (including phenoxy) is 1. The maximum atomic E-state index is 13.1. The molecular weight excluding hydrogens is 459 g/mol. The van der Waals surface area contributed by atoms with Gasteiger partial charge in [-0.05, 0) is 55.7 Å². The Morgan fingerprint density at radius 3 is 2.40 bits per heavy atom. The molecule has 0 aliphatic heterocycles. The fourth-order valence-corrected chi connectivity index (χ4v) is 4.17. The van der Waals surface area contributed by atoms with E-state index in [-0.39, 0.29) is 24.8 Å². The van der Waals surface area contributed by atoms with Crippen LogP contribution in [0, 0.1) is 5.41 Å². The average molecular weight is 483 g/mol. The van der Waals surface area contributed by atoms with Crippen LogP contribution in [0.5, 0.6) is 0 Å². The zero-order valence-corrected chi connectivity index (χ0v) is 19.3. The molecule has 4 rings (SSSR count). The number of nitrogens with zero attached hydrogens (tertiary/aromatic N) is 2. The van der Waals surface area contributed by atoms with Gasteiger partial charge in [0.05, 0.1) is 42.5 Å². The fraction of sp³-hybridized carbons (Fsp3) is 0.308. The highest BCUT2D eigenvalue weighted by Crippen LogP contribution is 2.39. The molecule has 0 fully saturated rings. The molecule has 0 saturated carbocycles. The standard InChI is InChI=1S/C26H24F3N3O3/c1-3-35-23(33)13-25(2)11-10-16-12-17(4-7-20(16)24(25)34)21-8-5-18(14-30-21)32-19-6-9-22(31-15-19)26(27,28)29/h4-9,12,14-15,32H,3,10-11,13H2,1-2H3. The number of esters is 1. The molecule has 0 spiro atoms. The average Bonchev–Trinajstić information content (AvgIpc) is 2.82. The quantitative estimate of drug-likeness (QED) is 0.434. The maximum absolute atomic E-state index is 13.1. The Morgan fingerprint density at radius 1 is 1.09 bits per heavy atom. The first-order valence-electron chi connectivity index (χ1n) is 11.2. The Balaban J connectivity index is 1.47. The SMILES string of the molecule is CCOC(=O)CC1(C)CCc2cc(-c3ccc(Nc4ccc(C(F)(F)F)nc4)cn3)ccc2C1=O.